The number of thioether (sulfide) groups is 1. The minimum atomic E-state index is -4.51. The van der Waals surface area contributed by atoms with Crippen LogP contribution in [-0.2, 0) is 18.3 Å². The molecule has 25 heavy (non-hydrogen) atoms. The Bertz CT molecular complexity index is 879. The van der Waals surface area contributed by atoms with Crippen molar-refractivity contribution in [3.63, 3.8) is 0 Å². The maximum absolute atomic E-state index is 12.9. The van der Waals surface area contributed by atoms with Crippen molar-refractivity contribution in [1.29, 1.82) is 0 Å². The molecule has 3 heterocycles. The first kappa shape index (κ1) is 18.0. The molecule has 0 saturated carbocycles. The van der Waals surface area contributed by atoms with E-state index in [-0.39, 0.29) is 15.8 Å². The molecule has 0 aliphatic heterocycles. The standard InChI is InChI=1S/C14H13ClF3N5OS/c1-2-3-4-11-19-10(22-24-11)7-25-13-21-20-12-9(15)5-8(6-23(12)13)14(16,17)18/h5-6H,2-4,7H2,1H3. The quantitative estimate of drug-likeness (QED) is 0.579. The second-order valence-corrected chi connectivity index (χ2v) is 6.60. The van der Waals surface area contributed by atoms with Gasteiger partial charge in [0.25, 0.3) is 0 Å². The van der Waals surface area contributed by atoms with Crippen molar-refractivity contribution in [1.82, 2.24) is 24.7 Å². The van der Waals surface area contributed by atoms with Crippen LogP contribution in [0.1, 0.15) is 37.0 Å². The van der Waals surface area contributed by atoms with Gasteiger partial charge >= 0.3 is 6.18 Å². The van der Waals surface area contributed by atoms with Crippen molar-refractivity contribution in [2.75, 3.05) is 0 Å². The Morgan fingerprint density at radius 2 is 2.12 bits per heavy atom. The van der Waals surface area contributed by atoms with Crippen LogP contribution in [0.2, 0.25) is 5.02 Å². The SMILES string of the molecule is CCCCc1nc(CSc2nnc3c(Cl)cc(C(F)(F)F)cn23)no1. The van der Waals surface area contributed by atoms with E-state index in [0.29, 0.717) is 23.9 Å². The van der Waals surface area contributed by atoms with Crippen LogP contribution in [0.15, 0.2) is 21.9 Å². The van der Waals surface area contributed by atoms with Crippen molar-refractivity contribution in [3.8, 4) is 0 Å². The van der Waals surface area contributed by atoms with Gasteiger partial charge in [-0.1, -0.05) is 41.9 Å². The molecule has 0 unspecified atom stereocenters. The molecule has 0 saturated heterocycles. The summed E-state index contributed by atoms with van der Waals surface area (Å²) >= 11 is 7.03. The van der Waals surface area contributed by atoms with Gasteiger partial charge in [0, 0.05) is 12.6 Å². The summed E-state index contributed by atoms with van der Waals surface area (Å²) in [5.41, 5.74) is -0.707. The number of hydrogen-bond donors (Lipinski definition) is 0. The topological polar surface area (TPSA) is 69.1 Å². The van der Waals surface area contributed by atoms with E-state index in [0.717, 1.165) is 36.9 Å². The van der Waals surface area contributed by atoms with Crippen molar-refractivity contribution >= 4 is 29.0 Å². The summed E-state index contributed by atoms with van der Waals surface area (Å²) in [6, 6.07) is 0.833. The minimum Gasteiger partial charge on any atom is -0.339 e. The van der Waals surface area contributed by atoms with Crippen LogP contribution in [0, 0.1) is 0 Å². The molecule has 3 aromatic rings. The highest BCUT2D eigenvalue weighted by molar-refractivity contribution is 7.98. The molecule has 0 amide bonds. The molecule has 0 fully saturated rings. The lowest BCUT2D eigenvalue weighted by Crippen LogP contribution is -2.07. The zero-order valence-corrected chi connectivity index (χ0v) is 14.6. The third kappa shape index (κ3) is 4.06. The first-order chi connectivity index (χ1) is 11.9. The highest BCUT2D eigenvalue weighted by Crippen LogP contribution is 2.33. The molecule has 6 nitrogen and oxygen atoms in total. The molecule has 0 atom stereocenters. The number of rotatable bonds is 6. The normalized spacial score (nSPS) is 12.2. The number of alkyl halides is 3. The molecule has 0 aliphatic carbocycles. The number of unbranched alkanes of at least 4 members (excludes halogenated alkanes) is 1. The number of fused-ring (bicyclic) bond motifs is 1. The molecule has 3 rings (SSSR count). The zero-order valence-electron chi connectivity index (χ0n) is 13.0. The lowest BCUT2D eigenvalue weighted by atomic mass is 10.2. The fraction of sp³-hybridized carbons (Fsp3) is 0.429. The molecular weight excluding hydrogens is 379 g/mol. The van der Waals surface area contributed by atoms with Gasteiger partial charge in [0.05, 0.1) is 16.3 Å². The Morgan fingerprint density at radius 3 is 2.84 bits per heavy atom. The van der Waals surface area contributed by atoms with Crippen LogP contribution < -0.4 is 0 Å². The molecule has 0 aromatic carbocycles. The third-order valence-corrected chi connectivity index (χ3v) is 4.56. The van der Waals surface area contributed by atoms with Crippen LogP contribution in [0.25, 0.3) is 5.65 Å². The van der Waals surface area contributed by atoms with Gasteiger partial charge < -0.3 is 4.52 Å². The number of aryl methyl sites for hydroxylation is 1. The van der Waals surface area contributed by atoms with Gasteiger partial charge in [0.1, 0.15) is 0 Å². The number of hydrogen-bond acceptors (Lipinski definition) is 6. The van der Waals surface area contributed by atoms with E-state index in [1.165, 1.54) is 4.40 Å². The van der Waals surface area contributed by atoms with Crippen molar-refractivity contribution in [2.45, 2.75) is 43.3 Å². The zero-order chi connectivity index (χ0) is 18.0. The Kier molecular flexibility index (Phi) is 5.19. The van der Waals surface area contributed by atoms with E-state index in [9.17, 15) is 13.2 Å². The molecular formula is C14H13ClF3N5OS. The third-order valence-electron chi connectivity index (χ3n) is 3.34. The molecule has 0 spiro atoms. The lowest BCUT2D eigenvalue weighted by molar-refractivity contribution is -0.137. The predicted molar refractivity (Wildman–Crippen MR) is 85.5 cm³/mol. The smallest absolute Gasteiger partial charge is 0.339 e. The number of pyridine rings is 1. The van der Waals surface area contributed by atoms with Crippen molar-refractivity contribution in [2.24, 2.45) is 0 Å². The molecule has 134 valence electrons. The lowest BCUT2D eigenvalue weighted by Gasteiger charge is -2.08. The van der Waals surface area contributed by atoms with Crippen LogP contribution in [-0.4, -0.2) is 24.7 Å². The summed E-state index contributed by atoms with van der Waals surface area (Å²) in [5, 5.41) is 11.7. The van der Waals surface area contributed by atoms with Crippen LogP contribution in [0.3, 0.4) is 0 Å². The number of nitrogens with zero attached hydrogens (tertiary/aromatic N) is 5. The van der Waals surface area contributed by atoms with Gasteiger partial charge in [0.2, 0.25) is 5.89 Å². The first-order valence-corrected chi connectivity index (χ1v) is 8.80. The maximum Gasteiger partial charge on any atom is 0.417 e. The molecule has 0 N–H and O–H groups in total. The Hall–Kier alpha value is -1.81. The maximum atomic E-state index is 12.9. The number of aromatic nitrogens is 5. The molecule has 3 aromatic heterocycles. The van der Waals surface area contributed by atoms with E-state index >= 15 is 0 Å². The number of halogens is 4. The highest BCUT2D eigenvalue weighted by Gasteiger charge is 2.32. The van der Waals surface area contributed by atoms with Gasteiger partial charge in [-0.15, -0.1) is 10.2 Å². The highest BCUT2D eigenvalue weighted by atomic mass is 35.5. The fourth-order valence-corrected chi connectivity index (χ4v) is 3.09. The van der Waals surface area contributed by atoms with E-state index in [2.05, 4.69) is 27.3 Å². The summed E-state index contributed by atoms with van der Waals surface area (Å²) in [6.07, 6.45) is -0.923. The fourth-order valence-electron chi connectivity index (χ4n) is 2.09. The summed E-state index contributed by atoms with van der Waals surface area (Å²) in [4.78, 5) is 4.24. The van der Waals surface area contributed by atoms with Crippen molar-refractivity contribution < 1.29 is 17.7 Å². The summed E-state index contributed by atoms with van der Waals surface area (Å²) < 4.78 is 45.1. The van der Waals surface area contributed by atoms with E-state index in [4.69, 9.17) is 16.1 Å². The van der Waals surface area contributed by atoms with Crippen LogP contribution in [0.5, 0.6) is 0 Å². The Morgan fingerprint density at radius 1 is 1.32 bits per heavy atom. The van der Waals surface area contributed by atoms with E-state index in [1.54, 1.807) is 0 Å². The van der Waals surface area contributed by atoms with Gasteiger partial charge in [-0.25, -0.2) is 0 Å². The average Bonchev–Trinajstić information content (AvgIpc) is 3.17. The van der Waals surface area contributed by atoms with Gasteiger partial charge in [-0.05, 0) is 12.5 Å². The molecule has 0 bridgehead atoms. The van der Waals surface area contributed by atoms with E-state index in [1.807, 2.05) is 0 Å². The molecule has 0 aliphatic rings. The predicted octanol–water partition coefficient (Wildman–Crippen LogP) is 4.42. The first-order valence-electron chi connectivity index (χ1n) is 7.44. The van der Waals surface area contributed by atoms with Crippen LogP contribution in [0.4, 0.5) is 13.2 Å². The van der Waals surface area contributed by atoms with Crippen LogP contribution >= 0.6 is 23.4 Å². The minimum absolute atomic E-state index is 0.115. The second-order valence-electron chi connectivity index (χ2n) is 5.25. The monoisotopic (exact) mass is 391 g/mol. The van der Waals surface area contributed by atoms with Gasteiger partial charge in [-0.2, -0.15) is 18.2 Å². The molecule has 11 heteroatoms. The Balaban J connectivity index is 1.79. The second kappa shape index (κ2) is 7.20. The van der Waals surface area contributed by atoms with Crippen molar-refractivity contribution in [3.05, 3.63) is 34.6 Å². The van der Waals surface area contributed by atoms with Gasteiger partial charge in [-0.3, -0.25) is 4.40 Å². The largest absolute Gasteiger partial charge is 0.417 e. The van der Waals surface area contributed by atoms with Gasteiger partial charge in [0.15, 0.2) is 16.6 Å². The molecule has 0 radical (unpaired) electrons. The summed E-state index contributed by atoms with van der Waals surface area (Å²) in [7, 11) is 0. The summed E-state index contributed by atoms with van der Waals surface area (Å²) in [5.74, 6) is 1.29. The average molecular weight is 392 g/mol. The Labute approximate surface area is 149 Å². The summed E-state index contributed by atoms with van der Waals surface area (Å²) in [6.45, 7) is 2.06. The van der Waals surface area contributed by atoms with E-state index < -0.39 is 11.7 Å².